The SMILES string of the molecule is Cc1cc2c(cc1C)N(C)C1=NC([O-])=NC(=O)[C]1N2. The minimum absolute atomic E-state index is 0.248. The third kappa shape index (κ3) is 1.68. The maximum Gasteiger partial charge on any atom is 0.283 e. The number of nitrogens with one attached hydrogen (secondary N) is 1. The van der Waals surface area contributed by atoms with Crippen molar-refractivity contribution < 1.29 is 9.90 Å². The van der Waals surface area contributed by atoms with Crippen molar-refractivity contribution >= 4 is 29.1 Å². The Hall–Kier alpha value is -2.37. The maximum absolute atomic E-state index is 11.8. The molecule has 1 amide bonds. The predicted molar refractivity (Wildman–Crippen MR) is 71.1 cm³/mol. The number of nitrogens with zero attached hydrogens (tertiary/aromatic N) is 3. The highest BCUT2D eigenvalue weighted by atomic mass is 16.3. The molecule has 6 heteroatoms. The van der Waals surface area contributed by atoms with Gasteiger partial charge >= 0.3 is 0 Å². The highest BCUT2D eigenvalue weighted by molar-refractivity contribution is 6.31. The van der Waals surface area contributed by atoms with E-state index in [0.717, 1.165) is 22.5 Å². The molecule has 3 rings (SSSR count). The number of likely N-dealkylation sites (N-methyl/N-ethyl adjacent to an activating group) is 1. The van der Waals surface area contributed by atoms with Crippen molar-refractivity contribution in [3.8, 4) is 0 Å². The standard InChI is InChI=1S/C13H13N4O2/c1-6-4-8-9(5-7(6)2)17(3)11-10(14-8)12(18)16-13(19)15-11/h4-5,14H,1-3H3,(H,16,18,19)/p-1. The van der Waals surface area contributed by atoms with Gasteiger partial charge in [0.1, 0.15) is 5.84 Å². The number of amides is 1. The van der Waals surface area contributed by atoms with E-state index in [1.807, 2.05) is 26.0 Å². The van der Waals surface area contributed by atoms with Crippen LogP contribution in [0.5, 0.6) is 0 Å². The van der Waals surface area contributed by atoms with Gasteiger partial charge in [-0.2, -0.15) is 0 Å². The lowest BCUT2D eigenvalue weighted by Gasteiger charge is -2.36. The van der Waals surface area contributed by atoms with Crippen molar-refractivity contribution in [2.75, 3.05) is 17.3 Å². The molecule has 1 aromatic rings. The van der Waals surface area contributed by atoms with Crippen LogP contribution in [0.1, 0.15) is 11.1 Å². The first kappa shape index (κ1) is 11.7. The quantitative estimate of drug-likeness (QED) is 0.726. The number of aryl methyl sites for hydroxylation is 2. The molecule has 1 radical (unpaired) electrons. The lowest BCUT2D eigenvalue weighted by Crippen LogP contribution is -2.47. The first-order chi connectivity index (χ1) is 8.97. The van der Waals surface area contributed by atoms with Crippen molar-refractivity contribution in [1.29, 1.82) is 0 Å². The van der Waals surface area contributed by atoms with Crippen molar-refractivity contribution in [2.45, 2.75) is 13.8 Å². The number of carbonyl (C=O) groups is 1. The number of hydrogen-bond acceptors (Lipinski definition) is 5. The molecule has 0 fully saturated rings. The maximum atomic E-state index is 11.8. The molecule has 1 aromatic carbocycles. The highest BCUT2D eigenvalue weighted by Gasteiger charge is 2.36. The first-order valence-corrected chi connectivity index (χ1v) is 5.85. The molecule has 0 saturated heterocycles. The second kappa shape index (κ2) is 3.81. The van der Waals surface area contributed by atoms with Gasteiger partial charge in [-0.25, -0.2) is 9.98 Å². The van der Waals surface area contributed by atoms with E-state index in [1.54, 1.807) is 11.9 Å². The number of fused-ring (bicyclic) bond motifs is 2. The summed E-state index contributed by atoms with van der Waals surface area (Å²) in [5.41, 5.74) is 3.96. The van der Waals surface area contributed by atoms with E-state index in [-0.39, 0.29) is 6.04 Å². The summed E-state index contributed by atoms with van der Waals surface area (Å²) < 4.78 is 0. The summed E-state index contributed by atoms with van der Waals surface area (Å²) >= 11 is 0. The molecule has 2 aliphatic heterocycles. The summed E-state index contributed by atoms with van der Waals surface area (Å²) in [6.07, 6.45) is 0. The monoisotopic (exact) mass is 256 g/mol. The van der Waals surface area contributed by atoms with E-state index in [2.05, 4.69) is 15.3 Å². The van der Waals surface area contributed by atoms with Gasteiger partial charge in [-0.05, 0) is 37.1 Å². The molecule has 1 N–H and O–H groups in total. The molecule has 0 saturated carbocycles. The molecule has 0 unspecified atom stereocenters. The topological polar surface area (TPSA) is 80.1 Å². The van der Waals surface area contributed by atoms with Crippen LogP contribution in [-0.4, -0.2) is 24.8 Å². The molecule has 2 aliphatic rings. The average molecular weight is 256 g/mol. The number of benzene rings is 1. The van der Waals surface area contributed by atoms with Crippen molar-refractivity contribution in [3.63, 3.8) is 0 Å². The van der Waals surface area contributed by atoms with E-state index in [0.29, 0.717) is 5.84 Å². The number of rotatable bonds is 0. The zero-order valence-corrected chi connectivity index (χ0v) is 10.8. The Morgan fingerprint density at radius 3 is 2.63 bits per heavy atom. The number of anilines is 2. The Labute approximate surface area is 110 Å². The number of carbonyl (C=O) groups excluding carboxylic acids is 1. The molecule has 0 bridgehead atoms. The summed E-state index contributed by atoms with van der Waals surface area (Å²) in [5, 5.41) is 14.3. The third-order valence-electron chi connectivity index (χ3n) is 3.39. The zero-order valence-electron chi connectivity index (χ0n) is 10.8. The summed E-state index contributed by atoms with van der Waals surface area (Å²) in [7, 11) is 1.78. The Kier molecular flexibility index (Phi) is 2.35. The van der Waals surface area contributed by atoms with Gasteiger partial charge in [0.2, 0.25) is 6.04 Å². The van der Waals surface area contributed by atoms with Crippen LogP contribution in [0, 0.1) is 19.9 Å². The molecule has 0 aliphatic carbocycles. The Bertz CT molecular complexity index is 648. The van der Waals surface area contributed by atoms with E-state index < -0.39 is 11.9 Å². The van der Waals surface area contributed by atoms with Crippen LogP contribution in [0.3, 0.4) is 0 Å². The molecule has 0 atom stereocenters. The number of hydrogen-bond donors (Lipinski definition) is 1. The highest BCUT2D eigenvalue weighted by Crippen LogP contribution is 2.36. The van der Waals surface area contributed by atoms with Gasteiger partial charge < -0.3 is 15.3 Å². The Morgan fingerprint density at radius 2 is 1.89 bits per heavy atom. The summed E-state index contributed by atoms with van der Waals surface area (Å²) in [4.78, 5) is 20.6. The second-order valence-corrected chi connectivity index (χ2v) is 4.65. The molecule has 0 spiro atoms. The van der Waals surface area contributed by atoms with Gasteiger partial charge in [-0.1, -0.05) is 0 Å². The molecule has 6 nitrogen and oxygen atoms in total. The molecule has 97 valence electrons. The molecular formula is C13H12N4O2-. The average Bonchev–Trinajstić information content (AvgIpc) is 2.34. The van der Waals surface area contributed by atoms with Gasteiger partial charge in [0.15, 0.2) is 0 Å². The van der Waals surface area contributed by atoms with E-state index >= 15 is 0 Å². The summed E-state index contributed by atoms with van der Waals surface area (Å²) in [6.45, 7) is 4.01. The van der Waals surface area contributed by atoms with Crippen LogP contribution in [0.25, 0.3) is 0 Å². The fourth-order valence-electron chi connectivity index (χ4n) is 2.19. The zero-order chi connectivity index (χ0) is 13.7. The fourth-order valence-corrected chi connectivity index (χ4v) is 2.19. The van der Waals surface area contributed by atoms with Gasteiger partial charge in [-0.3, -0.25) is 4.79 Å². The van der Waals surface area contributed by atoms with Crippen molar-refractivity contribution in [1.82, 2.24) is 0 Å². The smallest absolute Gasteiger partial charge is 0.283 e. The lowest BCUT2D eigenvalue weighted by molar-refractivity contribution is -0.217. The van der Waals surface area contributed by atoms with E-state index in [4.69, 9.17) is 0 Å². The van der Waals surface area contributed by atoms with Crippen LogP contribution >= 0.6 is 0 Å². The minimum atomic E-state index is -0.760. The van der Waals surface area contributed by atoms with E-state index in [9.17, 15) is 9.90 Å². The van der Waals surface area contributed by atoms with Crippen molar-refractivity contribution in [2.24, 2.45) is 9.98 Å². The van der Waals surface area contributed by atoms with Crippen LogP contribution in [0.2, 0.25) is 0 Å². The number of aliphatic imine (C=N–C) groups is 2. The molecule has 0 aromatic heterocycles. The largest absolute Gasteiger partial charge is 0.844 e. The Morgan fingerprint density at radius 1 is 1.21 bits per heavy atom. The summed E-state index contributed by atoms with van der Waals surface area (Å²) in [6, 6.07) is 3.45. The molecule has 2 heterocycles. The Balaban J connectivity index is 2.15. The lowest BCUT2D eigenvalue weighted by atomic mass is 10.0. The predicted octanol–water partition coefficient (Wildman–Crippen LogP) is 0.352. The minimum Gasteiger partial charge on any atom is -0.844 e. The van der Waals surface area contributed by atoms with Gasteiger partial charge in [0.05, 0.1) is 17.4 Å². The van der Waals surface area contributed by atoms with Gasteiger partial charge in [-0.15, -0.1) is 0 Å². The first-order valence-electron chi connectivity index (χ1n) is 5.85. The summed E-state index contributed by atoms with van der Waals surface area (Å²) in [5.74, 6) is -0.258. The second-order valence-electron chi connectivity index (χ2n) is 4.65. The van der Waals surface area contributed by atoms with Crippen LogP contribution in [0.15, 0.2) is 22.1 Å². The van der Waals surface area contributed by atoms with Crippen LogP contribution < -0.4 is 15.3 Å². The normalized spacial score (nSPS) is 18.3. The molecular weight excluding hydrogens is 244 g/mol. The van der Waals surface area contributed by atoms with Gasteiger partial charge in [0.25, 0.3) is 5.91 Å². The third-order valence-corrected chi connectivity index (χ3v) is 3.39. The van der Waals surface area contributed by atoms with E-state index in [1.165, 1.54) is 0 Å². The van der Waals surface area contributed by atoms with Crippen LogP contribution in [0.4, 0.5) is 11.4 Å². The van der Waals surface area contributed by atoms with Gasteiger partial charge in [0, 0.05) is 7.05 Å². The van der Waals surface area contributed by atoms with Crippen LogP contribution in [-0.2, 0) is 4.79 Å². The molecule has 19 heavy (non-hydrogen) atoms. The number of amidine groups is 2. The van der Waals surface area contributed by atoms with Crippen molar-refractivity contribution in [3.05, 3.63) is 29.3 Å². The fraction of sp³-hybridized carbons (Fsp3) is 0.231.